The Bertz CT molecular complexity index is 686. The molecule has 6 heteroatoms. The Hall–Kier alpha value is -1.33. The van der Waals surface area contributed by atoms with Gasteiger partial charge in [0, 0.05) is 34.6 Å². The van der Waals surface area contributed by atoms with Crippen LogP contribution < -0.4 is 5.32 Å². The number of pyridine rings is 1. The molecule has 0 aliphatic rings. The second kappa shape index (κ2) is 5.75. The highest BCUT2D eigenvalue weighted by molar-refractivity contribution is 7.91. The van der Waals surface area contributed by atoms with Crippen molar-refractivity contribution in [2.45, 2.75) is 6.92 Å². The van der Waals surface area contributed by atoms with Gasteiger partial charge in [-0.2, -0.15) is 0 Å². The number of hydrogen-bond acceptors (Lipinski definition) is 4. The van der Waals surface area contributed by atoms with Crippen molar-refractivity contribution < 1.29 is 8.42 Å². The fraction of sp³-hybridized carbons (Fsp3) is 0.308. The van der Waals surface area contributed by atoms with Crippen LogP contribution in [0, 0.1) is 0 Å². The molecule has 0 fully saturated rings. The Morgan fingerprint density at radius 3 is 2.84 bits per heavy atom. The number of nitrogens with zero attached hydrogens (tertiary/aromatic N) is 1. The summed E-state index contributed by atoms with van der Waals surface area (Å²) in [6.07, 6.45) is 1.68. The Balaban J connectivity index is 2.17. The van der Waals surface area contributed by atoms with Crippen LogP contribution in [0.4, 0.5) is 5.69 Å². The molecule has 1 N–H and O–H groups in total. The van der Waals surface area contributed by atoms with Crippen LogP contribution in [-0.2, 0) is 9.84 Å². The standard InChI is InChI=1S/C13H15ClN2O2S/c1-2-19(17,18)8-7-16-12-5-6-15-13-9-10(14)3-4-11(12)13/h3-6,9H,2,7-8H2,1H3,(H,15,16). The van der Waals surface area contributed by atoms with Crippen LogP contribution in [0.1, 0.15) is 6.92 Å². The van der Waals surface area contributed by atoms with Crippen molar-refractivity contribution in [2.24, 2.45) is 0 Å². The van der Waals surface area contributed by atoms with Gasteiger partial charge in [0.05, 0.1) is 11.3 Å². The highest BCUT2D eigenvalue weighted by Gasteiger charge is 2.07. The lowest BCUT2D eigenvalue weighted by Crippen LogP contribution is -2.17. The molecule has 0 aliphatic heterocycles. The van der Waals surface area contributed by atoms with Gasteiger partial charge in [-0.3, -0.25) is 4.98 Å². The number of hydrogen-bond donors (Lipinski definition) is 1. The summed E-state index contributed by atoms with van der Waals surface area (Å²) < 4.78 is 22.9. The molecule has 19 heavy (non-hydrogen) atoms. The molecule has 0 saturated heterocycles. The molecular weight excluding hydrogens is 284 g/mol. The average molecular weight is 299 g/mol. The topological polar surface area (TPSA) is 59.1 Å². The van der Waals surface area contributed by atoms with E-state index in [-0.39, 0.29) is 11.5 Å². The molecule has 0 unspecified atom stereocenters. The third kappa shape index (κ3) is 3.58. The summed E-state index contributed by atoms with van der Waals surface area (Å²) in [7, 11) is -2.95. The number of rotatable bonds is 5. The molecule has 0 aliphatic carbocycles. The maximum Gasteiger partial charge on any atom is 0.151 e. The molecule has 0 saturated carbocycles. The predicted octanol–water partition coefficient (Wildman–Crippen LogP) is 2.73. The van der Waals surface area contributed by atoms with Gasteiger partial charge in [-0.05, 0) is 24.3 Å². The molecular formula is C13H15ClN2O2S. The van der Waals surface area contributed by atoms with E-state index in [1.807, 2.05) is 12.1 Å². The largest absolute Gasteiger partial charge is 0.383 e. The molecule has 1 heterocycles. The van der Waals surface area contributed by atoms with E-state index in [1.165, 1.54) is 0 Å². The van der Waals surface area contributed by atoms with Gasteiger partial charge in [0.15, 0.2) is 9.84 Å². The average Bonchev–Trinajstić information content (AvgIpc) is 2.38. The van der Waals surface area contributed by atoms with Crippen molar-refractivity contribution in [1.29, 1.82) is 0 Å². The summed E-state index contributed by atoms with van der Waals surface area (Å²) in [6, 6.07) is 7.28. The normalized spacial score (nSPS) is 11.7. The number of benzene rings is 1. The second-order valence-corrected chi connectivity index (χ2v) is 7.09. The molecule has 2 rings (SSSR count). The zero-order chi connectivity index (χ0) is 13.9. The van der Waals surface area contributed by atoms with Crippen LogP contribution in [0.15, 0.2) is 30.5 Å². The molecule has 0 spiro atoms. The SMILES string of the molecule is CCS(=O)(=O)CCNc1ccnc2cc(Cl)ccc12. The van der Waals surface area contributed by atoms with Crippen molar-refractivity contribution in [3.63, 3.8) is 0 Å². The number of fused-ring (bicyclic) bond motifs is 1. The first kappa shape index (κ1) is 14.1. The van der Waals surface area contributed by atoms with Crippen LogP contribution in [-0.4, -0.2) is 31.5 Å². The van der Waals surface area contributed by atoms with Crippen LogP contribution in [0.25, 0.3) is 10.9 Å². The number of aromatic nitrogens is 1. The van der Waals surface area contributed by atoms with Crippen molar-refractivity contribution in [3.05, 3.63) is 35.5 Å². The summed E-state index contributed by atoms with van der Waals surface area (Å²) in [6.45, 7) is 2.04. The zero-order valence-electron chi connectivity index (χ0n) is 10.6. The number of anilines is 1. The van der Waals surface area contributed by atoms with E-state index in [4.69, 9.17) is 11.6 Å². The molecule has 102 valence electrons. The van der Waals surface area contributed by atoms with Crippen molar-refractivity contribution in [2.75, 3.05) is 23.4 Å². The third-order valence-corrected chi connectivity index (χ3v) is 4.81. The van der Waals surface area contributed by atoms with Gasteiger partial charge < -0.3 is 5.32 Å². The maximum atomic E-state index is 11.4. The molecule has 2 aromatic rings. The lowest BCUT2D eigenvalue weighted by atomic mass is 10.2. The first-order valence-electron chi connectivity index (χ1n) is 6.00. The minimum atomic E-state index is -2.95. The summed E-state index contributed by atoms with van der Waals surface area (Å²) >= 11 is 5.91. The summed E-state index contributed by atoms with van der Waals surface area (Å²) in [5.41, 5.74) is 1.66. The van der Waals surface area contributed by atoms with Gasteiger partial charge in [-0.15, -0.1) is 0 Å². The Labute approximate surface area is 117 Å². The number of nitrogens with one attached hydrogen (secondary N) is 1. The number of sulfone groups is 1. The van der Waals surface area contributed by atoms with E-state index in [9.17, 15) is 8.42 Å². The number of halogens is 1. The Morgan fingerprint density at radius 2 is 2.11 bits per heavy atom. The van der Waals surface area contributed by atoms with Gasteiger partial charge in [0.2, 0.25) is 0 Å². The van der Waals surface area contributed by atoms with Crippen LogP contribution >= 0.6 is 11.6 Å². The first-order chi connectivity index (χ1) is 9.02. The van der Waals surface area contributed by atoms with Crippen LogP contribution in [0.5, 0.6) is 0 Å². The molecule has 1 aromatic carbocycles. The highest BCUT2D eigenvalue weighted by atomic mass is 35.5. The van der Waals surface area contributed by atoms with E-state index in [0.29, 0.717) is 11.6 Å². The van der Waals surface area contributed by atoms with Crippen LogP contribution in [0.3, 0.4) is 0 Å². The quantitative estimate of drug-likeness (QED) is 0.922. The summed E-state index contributed by atoms with van der Waals surface area (Å²) in [5, 5.41) is 4.70. The Kier molecular flexibility index (Phi) is 4.27. The molecule has 0 amide bonds. The van der Waals surface area contributed by atoms with Gasteiger partial charge in [0.25, 0.3) is 0 Å². The van der Waals surface area contributed by atoms with Crippen molar-refractivity contribution >= 4 is 38.0 Å². The van der Waals surface area contributed by atoms with Crippen LogP contribution in [0.2, 0.25) is 5.02 Å². The van der Waals surface area contributed by atoms with Gasteiger partial charge in [-0.1, -0.05) is 18.5 Å². The zero-order valence-corrected chi connectivity index (χ0v) is 12.1. The lowest BCUT2D eigenvalue weighted by Gasteiger charge is -2.09. The van der Waals surface area contributed by atoms with E-state index in [0.717, 1.165) is 16.6 Å². The lowest BCUT2D eigenvalue weighted by molar-refractivity contribution is 0.597. The van der Waals surface area contributed by atoms with Crippen molar-refractivity contribution in [3.8, 4) is 0 Å². The molecule has 0 radical (unpaired) electrons. The fourth-order valence-corrected chi connectivity index (χ4v) is 2.63. The predicted molar refractivity (Wildman–Crippen MR) is 79.6 cm³/mol. The Morgan fingerprint density at radius 1 is 1.32 bits per heavy atom. The van der Waals surface area contributed by atoms with Gasteiger partial charge >= 0.3 is 0 Å². The summed E-state index contributed by atoms with van der Waals surface area (Å²) in [5.74, 6) is 0.294. The fourth-order valence-electron chi connectivity index (χ4n) is 1.76. The van der Waals surface area contributed by atoms with E-state index in [2.05, 4.69) is 10.3 Å². The monoisotopic (exact) mass is 298 g/mol. The van der Waals surface area contributed by atoms with Gasteiger partial charge in [0.1, 0.15) is 0 Å². The van der Waals surface area contributed by atoms with E-state index in [1.54, 1.807) is 25.3 Å². The maximum absolute atomic E-state index is 11.4. The van der Waals surface area contributed by atoms with E-state index >= 15 is 0 Å². The molecule has 4 nitrogen and oxygen atoms in total. The smallest absolute Gasteiger partial charge is 0.151 e. The first-order valence-corrected chi connectivity index (χ1v) is 8.20. The highest BCUT2D eigenvalue weighted by Crippen LogP contribution is 2.24. The third-order valence-electron chi connectivity index (χ3n) is 2.87. The van der Waals surface area contributed by atoms with E-state index < -0.39 is 9.84 Å². The molecule has 1 aromatic heterocycles. The molecule has 0 atom stereocenters. The van der Waals surface area contributed by atoms with Gasteiger partial charge in [-0.25, -0.2) is 8.42 Å². The van der Waals surface area contributed by atoms with Crippen molar-refractivity contribution in [1.82, 2.24) is 4.98 Å². The minimum absolute atomic E-state index is 0.126. The molecule has 0 bridgehead atoms. The summed E-state index contributed by atoms with van der Waals surface area (Å²) in [4.78, 5) is 4.23. The second-order valence-electron chi connectivity index (χ2n) is 4.18. The minimum Gasteiger partial charge on any atom is -0.383 e.